The lowest BCUT2D eigenvalue weighted by molar-refractivity contribution is 0.0696. The molecule has 116 valence electrons. The van der Waals surface area contributed by atoms with Gasteiger partial charge in [-0.2, -0.15) is 0 Å². The summed E-state index contributed by atoms with van der Waals surface area (Å²) in [6.45, 7) is 8.62. The van der Waals surface area contributed by atoms with E-state index in [2.05, 4.69) is 24.1 Å². The van der Waals surface area contributed by atoms with Gasteiger partial charge in [0.15, 0.2) is 0 Å². The van der Waals surface area contributed by atoms with E-state index < -0.39 is 5.97 Å². The molecule has 21 heavy (non-hydrogen) atoms. The molecule has 0 amide bonds. The molecule has 0 aliphatic heterocycles. The van der Waals surface area contributed by atoms with Gasteiger partial charge in [-0.1, -0.05) is 40.5 Å². The van der Waals surface area contributed by atoms with Crippen molar-refractivity contribution >= 4 is 11.8 Å². The molecule has 1 aliphatic rings. The quantitative estimate of drug-likeness (QED) is 0.874. The van der Waals surface area contributed by atoms with E-state index in [1.807, 2.05) is 13.8 Å². The molecule has 0 saturated heterocycles. The summed E-state index contributed by atoms with van der Waals surface area (Å²) in [4.78, 5) is 15.9. The normalized spacial score (nSPS) is 25.9. The van der Waals surface area contributed by atoms with Crippen molar-refractivity contribution in [3.63, 3.8) is 0 Å². The van der Waals surface area contributed by atoms with Crippen molar-refractivity contribution in [2.24, 2.45) is 11.8 Å². The lowest BCUT2D eigenvalue weighted by atomic mass is 9.78. The third-order valence-corrected chi connectivity index (χ3v) is 4.72. The molecule has 3 unspecified atom stereocenters. The predicted molar refractivity (Wildman–Crippen MR) is 84.9 cm³/mol. The zero-order valence-electron chi connectivity index (χ0n) is 13.4. The first-order valence-corrected chi connectivity index (χ1v) is 7.90. The maximum Gasteiger partial charge on any atom is 0.335 e. The number of aromatic carboxylic acids is 1. The lowest BCUT2D eigenvalue weighted by Crippen LogP contribution is -2.35. The molecule has 3 atom stereocenters. The molecule has 0 aromatic carbocycles. The Hall–Kier alpha value is -1.58. The summed E-state index contributed by atoms with van der Waals surface area (Å²) >= 11 is 0. The molecule has 2 rings (SSSR count). The fourth-order valence-corrected chi connectivity index (χ4v) is 3.02. The number of carboxylic acids is 1. The number of aromatic nitrogens is 1. The van der Waals surface area contributed by atoms with Crippen molar-refractivity contribution in [2.75, 3.05) is 5.32 Å². The van der Waals surface area contributed by atoms with Gasteiger partial charge in [0.25, 0.3) is 0 Å². The van der Waals surface area contributed by atoms with Crippen molar-refractivity contribution < 1.29 is 9.90 Å². The Morgan fingerprint density at radius 1 is 1.33 bits per heavy atom. The average molecular weight is 290 g/mol. The van der Waals surface area contributed by atoms with Gasteiger partial charge >= 0.3 is 5.97 Å². The van der Waals surface area contributed by atoms with Gasteiger partial charge in [-0.05, 0) is 36.3 Å². The maximum atomic E-state index is 11.3. The summed E-state index contributed by atoms with van der Waals surface area (Å²) in [6, 6.07) is 3.70. The standard InChI is InChI=1S/C17H26N2O2/c1-10(2)15-8-13(17(20)21)9-16(19-15)18-14-7-5-6-11(3)12(14)4/h8-12,14H,5-7H2,1-4H3,(H,18,19)(H,20,21). The number of hydrogen-bond acceptors (Lipinski definition) is 3. The van der Waals surface area contributed by atoms with Gasteiger partial charge in [0, 0.05) is 11.7 Å². The predicted octanol–water partition coefficient (Wildman–Crippen LogP) is 4.14. The smallest absolute Gasteiger partial charge is 0.335 e. The number of pyridine rings is 1. The Bertz CT molecular complexity index is 514. The summed E-state index contributed by atoms with van der Waals surface area (Å²) < 4.78 is 0. The third-order valence-electron chi connectivity index (χ3n) is 4.72. The van der Waals surface area contributed by atoms with Crippen molar-refractivity contribution in [1.82, 2.24) is 4.98 Å². The first-order valence-electron chi connectivity index (χ1n) is 7.90. The van der Waals surface area contributed by atoms with Crippen LogP contribution in [-0.2, 0) is 0 Å². The monoisotopic (exact) mass is 290 g/mol. The van der Waals surface area contributed by atoms with Crippen LogP contribution in [0.4, 0.5) is 5.82 Å². The first kappa shape index (κ1) is 15.8. The molecule has 1 saturated carbocycles. The summed E-state index contributed by atoms with van der Waals surface area (Å²) in [5, 5.41) is 12.7. The fraction of sp³-hybridized carbons (Fsp3) is 0.647. The molecule has 1 heterocycles. The summed E-state index contributed by atoms with van der Waals surface area (Å²) in [6.07, 6.45) is 3.62. The number of anilines is 1. The van der Waals surface area contributed by atoms with Crippen LogP contribution in [0.15, 0.2) is 12.1 Å². The molecule has 4 nitrogen and oxygen atoms in total. The molecule has 1 aromatic rings. The summed E-state index contributed by atoms with van der Waals surface area (Å²) in [7, 11) is 0. The Labute approximate surface area is 127 Å². The van der Waals surface area contributed by atoms with E-state index in [9.17, 15) is 9.90 Å². The highest BCUT2D eigenvalue weighted by molar-refractivity contribution is 5.88. The minimum atomic E-state index is -0.896. The highest BCUT2D eigenvalue weighted by Crippen LogP contribution is 2.31. The molecule has 1 fully saturated rings. The van der Waals surface area contributed by atoms with Crippen molar-refractivity contribution in [3.05, 3.63) is 23.4 Å². The average Bonchev–Trinajstić information content (AvgIpc) is 2.43. The molecule has 0 radical (unpaired) electrons. The van der Waals surface area contributed by atoms with Crippen molar-refractivity contribution in [1.29, 1.82) is 0 Å². The number of nitrogens with zero attached hydrogens (tertiary/aromatic N) is 1. The Morgan fingerprint density at radius 3 is 2.67 bits per heavy atom. The maximum absolute atomic E-state index is 11.3. The molecule has 4 heteroatoms. The Balaban J connectivity index is 2.24. The van der Waals surface area contributed by atoms with Gasteiger partial charge in [-0.25, -0.2) is 9.78 Å². The van der Waals surface area contributed by atoms with Crippen LogP contribution in [0.2, 0.25) is 0 Å². The van der Waals surface area contributed by atoms with E-state index in [1.54, 1.807) is 12.1 Å². The second-order valence-corrected chi connectivity index (χ2v) is 6.64. The van der Waals surface area contributed by atoms with Crippen LogP contribution in [0.3, 0.4) is 0 Å². The van der Waals surface area contributed by atoms with E-state index in [1.165, 1.54) is 12.8 Å². The third kappa shape index (κ3) is 3.74. The van der Waals surface area contributed by atoms with Crippen molar-refractivity contribution in [3.8, 4) is 0 Å². The minimum absolute atomic E-state index is 0.215. The molecule has 0 spiro atoms. The number of rotatable bonds is 4. The molecule has 1 aromatic heterocycles. The zero-order chi connectivity index (χ0) is 15.6. The fourth-order valence-electron chi connectivity index (χ4n) is 3.02. The van der Waals surface area contributed by atoms with Crippen LogP contribution >= 0.6 is 0 Å². The van der Waals surface area contributed by atoms with E-state index in [4.69, 9.17) is 0 Å². The van der Waals surface area contributed by atoms with Crippen molar-refractivity contribution in [2.45, 2.75) is 58.9 Å². The number of carboxylic acid groups (broad SMARTS) is 1. The summed E-state index contributed by atoms with van der Waals surface area (Å²) in [5.41, 5.74) is 1.14. The highest BCUT2D eigenvalue weighted by atomic mass is 16.4. The summed E-state index contributed by atoms with van der Waals surface area (Å²) in [5.74, 6) is 1.30. The topological polar surface area (TPSA) is 62.2 Å². The Morgan fingerprint density at radius 2 is 2.05 bits per heavy atom. The molecule has 1 aliphatic carbocycles. The van der Waals surface area contributed by atoms with Crippen LogP contribution < -0.4 is 5.32 Å². The van der Waals surface area contributed by atoms with E-state index in [-0.39, 0.29) is 5.92 Å². The van der Waals surface area contributed by atoms with Gasteiger partial charge in [0.05, 0.1) is 5.56 Å². The highest BCUT2D eigenvalue weighted by Gasteiger charge is 2.27. The van der Waals surface area contributed by atoms with E-state index >= 15 is 0 Å². The molecule has 0 bridgehead atoms. The van der Waals surface area contributed by atoms with Gasteiger partial charge in [0.2, 0.25) is 0 Å². The second kappa shape index (κ2) is 6.46. The van der Waals surface area contributed by atoms with Crippen LogP contribution in [0.25, 0.3) is 0 Å². The zero-order valence-corrected chi connectivity index (χ0v) is 13.4. The largest absolute Gasteiger partial charge is 0.478 e. The van der Waals surface area contributed by atoms with Gasteiger partial charge in [-0.3, -0.25) is 0 Å². The number of nitrogens with one attached hydrogen (secondary N) is 1. The van der Waals surface area contributed by atoms with E-state index in [0.717, 1.165) is 12.1 Å². The van der Waals surface area contributed by atoms with Crippen LogP contribution in [0.5, 0.6) is 0 Å². The van der Waals surface area contributed by atoms with Crippen LogP contribution in [0.1, 0.15) is 68.9 Å². The molecule has 2 N–H and O–H groups in total. The van der Waals surface area contributed by atoms with Gasteiger partial charge in [0.1, 0.15) is 5.82 Å². The first-order chi connectivity index (χ1) is 9.88. The number of hydrogen-bond donors (Lipinski definition) is 2. The van der Waals surface area contributed by atoms with Crippen LogP contribution in [-0.4, -0.2) is 22.1 Å². The Kier molecular flexibility index (Phi) is 4.86. The lowest BCUT2D eigenvalue weighted by Gasteiger charge is -2.35. The molecular formula is C17H26N2O2. The van der Waals surface area contributed by atoms with Crippen LogP contribution in [0, 0.1) is 11.8 Å². The second-order valence-electron chi connectivity index (χ2n) is 6.64. The van der Waals surface area contributed by atoms with Gasteiger partial charge in [-0.15, -0.1) is 0 Å². The minimum Gasteiger partial charge on any atom is -0.478 e. The van der Waals surface area contributed by atoms with E-state index in [0.29, 0.717) is 29.3 Å². The SMILES string of the molecule is CC(C)c1cc(C(=O)O)cc(NC2CCCC(C)C2C)n1. The molecular weight excluding hydrogens is 264 g/mol. The van der Waals surface area contributed by atoms with Gasteiger partial charge < -0.3 is 10.4 Å². The number of carbonyl (C=O) groups is 1.